The Labute approximate surface area is 191 Å². The molecular weight excluding hydrogens is 402 g/mol. The highest BCUT2D eigenvalue weighted by molar-refractivity contribution is 6.40. The highest BCUT2D eigenvalue weighted by Gasteiger charge is 2.17. The predicted octanol–water partition coefficient (Wildman–Crippen LogP) is 4.73. The Balaban J connectivity index is 1.79. The van der Waals surface area contributed by atoms with Crippen LogP contribution >= 0.6 is 0 Å². The van der Waals surface area contributed by atoms with Crippen molar-refractivity contribution in [1.82, 2.24) is 10.6 Å². The lowest BCUT2D eigenvalue weighted by molar-refractivity contribution is -0.136. The zero-order chi connectivity index (χ0) is 23.2. The van der Waals surface area contributed by atoms with E-state index >= 15 is 0 Å². The van der Waals surface area contributed by atoms with Gasteiger partial charge in [0, 0.05) is 13.1 Å². The number of aryl methyl sites for hydroxylation is 1. The number of nitrogens with one attached hydrogen (secondary N) is 3. The maximum atomic E-state index is 12.6. The zero-order valence-corrected chi connectivity index (χ0v) is 19.2. The molecule has 3 N–H and O–H groups in total. The summed E-state index contributed by atoms with van der Waals surface area (Å²) in [5, 5.41) is 8.07. The van der Waals surface area contributed by atoms with Crippen LogP contribution < -0.4 is 16.0 Å². The molecule has 0 aliphatic rings. The van der Waals surface area contributed by atoms with Crippen molar-refractivity contribution in [2.45, 2.75) is 65.3 Å². The molecule has 0 spiro atoms. The first-order chi connectivity index (χ1) is 15.5. The molecule has 0 saturated heterocycles. The summed E-state index contributed by atoms with van der Waals surface area (Å²) in [6.45, 7) is 5.04. The fourth-order valence-corrected chi connectivity index (χ4v) is 3.32. The Morgan fingerprint density at radius 1 is 0.750 bits per heavy atom. The average molecular weight is 438 g/mol. The van der Waals surface area contributed by atoms with Crippen molar-refractivity contribution in [2.75, 3.05) is 11.9 Å². The minimum atomic E-state index is -0.772. The molecule has 0 heterocycles. The number of carbonyl (C=O) groups excluding carboxylic acids is 3. The Bertz CT molecular complexity index is 878. The summed E-state index contributed by atoms with van der Waals surface area (Å²) >= 11 is 0. The van der Waals surface area contributed by atoms with Crippen molar-refractivity contribution < 1.29 is 14.4 Å². The van der Waals surface area contributed by atoms with E-state index in [1.807, 2.05) is 31.2 Å². The van der Waals surface area contributed by atoms with Gasteiger partial charge in [0.2, 0.25) is 0 Å². The molecule has 0 fully saturated rings. The van der Waals surface area contributed by atoms with Gasteiger partial charge in [0.15, 0.2) is 0 Å². The van der Waals surface area contributed by atoms with Crippen LogP contribution in [0.3, 0.4) is 0 Å². The van der Waals surface area contributed by atoms with Crippen LogP contribution in [0.5, 0.6) is 0 Å². The molecule has 0 aromatic heterocycles. The summed E-state index contributed by atoms with van der Waals surface area (Å²) in [5.74, 6) is -1.78. The van der Waals surface area contributed by atoms with Crippen molar-refractivity contribution in [3.63, 3.8) is 0 Å². The molecule has 0 radical (unpaired) electrons. The predicted molar refractivity (Wildman–Crippen MR) is 128 cm³/mol. The number of unbranched alkanes of at least 4 members (excludes halogenated alkanes) is 6. The van der Waals surface area contributed by atoms with Gasteiger partial charge >= 0.3 is 11.8 Å². The number of anilines is 1. The number of para-hydroxylation sites is 1. The van der Waals surface area contributed by atoms with E-state index < -0.39 is 11.8 Å². The van der Waals surface area contributed by atoms with Gasteiger partial charge < -0.3 is 16.0 Å². The van der Waals surface area contributed by atoms with Crippen molar-refractivity contribution in [3.05, 3.63) is 65.2 Å². The van der Waals surface area contributed by atoms with E-state index in [1.54, 1.807) is 24.3 Å². The Morgan fingerprint density at radius 2 is 1.41 bits per heavy atom. The minimum absolute atomic E-state index is 0.310. The standard InChI is InChI=1S/C26H35N3O3/c1-3-4-5-6-7-8-11-18-27-25(31)26(32)29-23-13-10-9-12-22(23)24(30)28-19-21-16-14-20(2)15-17-21/h9-10,12-17H,3-8,11,18-19H2,1-2H3,(H,27,31)(H,28,30)(H,29,32). The van der Waals surface area contributed by atoms with Gasteiger partial charge in [-0.15, -0.1) is 0 Å². The van der Waals surface area contributed by atoms with Crippen LogP contribution in [0.15, 0.2) is 48.5 Å². The number of hydrogen-bond acceptors (Lipinski definition) is 3. The molecule has 3 amide bonds. The van der Waals surface area contributed by atoms with Crippen LogP contribution in [-0.4, -0.2) is 24.3 Å². The second-order valence-corrected chi connectivity index (χ2v) is 8.05. The van der Waals surface area contributed by atoms with E-state index in [-0.39, 0.29) is 5.91 Å². The molecule has 2 aromatic carbocycles. The number of amides is 3. The Kier molecular flexibility index (Phi) is 11.0. The molecule has 6 nitrogen and oxygen atoms in total. The lowest BCUT2D eigenvalue weighted by Crippen LogP contribution is -2.36. The fraction of sp³-hybridized carbons (Fsp3) is 0.423. The molecule has 2 rings (SSSR count). The molecular formula is C26H35N3O3. The molecule has 0 unspecified atom stereocenters. The van der Waals surface area contributed by atoms with Gasteiger partial charge in [0.05, 0.1) is 11.3 Å². The lowest BCUT2D eigenvalue weighted by atomic mass is 10.1. The molecule has 0 aliphatic heterocycles. The van der Waals surface area contributed by atoms with Crippen LogP contribution in [0.25, 0.3) is 0 Å². The van der Waals surface area contributed by atoms with E-state index in [2.05, 4.69) is 22.9 Å². The quantitative estimate of drug-likeness (QED) is 0.331. The third-order valence-corrected chi connectivity index (χ3v) is 5.27. The van der Waals surface area contributed by atoms with Gasteiger partial charge in [-0.1, -0.05) is 87.4 Å². The van der Waals surface area contributed by atoms with E-state index in [4.69, 9.17) is 0 Å². The second-order valence-electron chi connectivity index (χ2n) is 8.05. The molecule has 0 aliphatic carbocycles. The van der Waals surface area contributed by atoms with Crippen molar-refractivity contribution in [1.29, 1.82) is 0 Å². The fourth-order valence-electron chi connectivity index (χ4n) is 3.32. The number of benzene rings is 2. The first-order valence-corrected chi connectivity index (χ1v) is 11.5. The number of carbonyl (C=O) groups is 3. The van der Waals surface area contributed by atoms with Gasteiger partial charge in [0.1, 0.15) is 0 Å². The van der Waals surface area contributed by atoms with Crippen LogP contribution in [0.4, 0.5) is 5.69 Å². The number of rotatable bonds is 12. The van der Waals surface area contributed by atoms with E-state index in [1.165, 1.54) is 25.7 Å². The Hall–Kier alpha value is -3.15. The Morgan fingerprint density at radius 3 is 2.12 bits per heavy atom. The molecule has 0 bridgehead atoms. The van der Waals surface area contributed by atoms with Crippen LogP contribution in [0.1, 0.15) is 73.4 Å². The van der Waals surface area contributed by atoms with E-state index in [0.717, 1.165) is 30.4 Å². The van der Waals surface area contributed by atoms with Crippen LogP contribution in [-0.2, 0) is 16.1 Å². The molecule has 0 saturated carbocycles. The van der Waals surface area contributed by atoms with E-state index in [0.29, 0.717) is 24.3 Å². The maximum absolute atomic E-state index is 12.6. The van der Waals surface area contributed by atoms with Gasteiger partial charge in [-0.2, -0.15) is 0 Å². The first-order valence-electron chi connectivity index (χ1n) is 11.5. The zero-order valence-electron chi connectivity index (χ0n) is 19.2. The summed E-state index contributed by atoms with van der Waals surface area (Å²) in [6.07, 6.45) is 7.99. The highest BCUT2D eigenvalue weighted by Crippen LogP contribution is 2.15. The summed E-state index contributed by atoms with van der Waals surface area (Å²) in [7, 11) is 0. The van der Waals surface area contributed by atoms with Gasteiger partial charge in [-0.05, 0) is 31.0 Å². The first kappa shape index (κ1) is 25.1. The third kappa shape index (κ3) is 8.92. The monoisotopic (exact) mass is 437 g/mol. The second kappa shape index (κ2) is 14.0. The molecule has 2 aromatic rings. The lowest BCUT2D eigenvalue weighted by Gasteiger charge is -2.12. The van der Waals surface area contributed by atoms with Crippen LogP contribution in [0, 0.1) is 6.92 Å². The maximum Gasteiger partial charge on any atom is 0.313 e. The summed E-state index contributed by atoms with van der Waals surface area (Å²) in [6, 6.07) is 14.6. The van der Waals surface area contributed by atoms with Gasteiger partial charge in [0.25, 0.3) is 5.91 Å². The minimum Gasteiger partial charge on any atom is -0.348 e. The summed E-state index contributed by atoms with van der Waals surface area (Å²) in [5.41, 5.74) is 2.76. The number of hydrogen-bond donors (Lipinski definition) is 3. The summed E-state index contributed by atoms with van der Waals surface area (Å²) in [4.78, 5) is 37.0. The van der Waals surface area contributed by atoms with Crippen molar-refractivity contribution in [3.8, 4) is 0 Å². The van der Waals surface area contributed by atoms with Crippen LogP contribution in [0.2, 0.25) is 0 Å². The normalized spacial score (nSPS) is 10.4. The highest BCUT2D eigenvalue weighted by atomic mass is 16.2. The molecule has 32 heavy (non-hydrogen) atoms. The smallest absolute Gasteiger partial charge is 0.313 e. The van der Waals surface area contributed by atoms with Crippen molar-refractivity contribution >= 4 is 23.4 Å². The largest absolute Gasteiger partial charge is 0.348 e. The third-order valence-electron chi connectivity index (χ3n) is 5.27. The molecule has 6 heteroatoms. The topological polar surface area (TPSA) is 87.3 Å². The SMILES string of the molecule is CCCCCCCCCNC(=O)C(=O)Nc1ccccc1C(=O)NCc1ccc(C)cc1. The molecule has 172 valence electrons. The van der Waals surface area contributed by atoms with Gasteiger partial charge in [-0.3, -0.25) is 14.4 Å². The van der Waals surface area contributed by atoms with Crippen molar-refractivity contribution in [2.24, 2.45) is 0 Å². The summed E-state index contributed by atoms with van der Waals surface area (Å²) < 4.78 is 0. The average Bonchev–Trinajstić information content (AvgIpc) is 2.80. The van der Waals surface area contributed by atoms with E-state index in [9.17, 15) is 14.4 Å². The molecule has 0 atom stereocenters. The van der Waals surface area contributed by atoms with Gasteiger partial charge in [-0.25, -0.2) is 0 Å².